The van der Waals surface area contributed by atoms with Crippen molar-refractivity contribution in [2.45, 2.75) is 18.8 Å². The zero-order valence-corrected chi connectivity index (χ0v) is 15.8. The third-order valence-corrected chi connectivity index (χ3v) is 4.80. The number of amides is 2. The van der Waals surface area contributed by atoms with Gasteiger partial charge in [-0.2, -0.15) is 18.4 Å². The number of nitrogens with two attached hydrogens (primary N) is 1. The summed E-state index contributed by atoms with van der Waals surface area (Å²) in [6.45, 7) is -0.781. The number of fused-ring (bicyclic) bond motifs is 3. The van der Waals surface area contributed by atoms with Crippen LogP contribution in [0.25, 0.3) is 11.4 Å². The largest absolute Gasteiger partial charge is 0.491 e. The van der Waals surface area contributed by atoms with Crippen LogP contribution in [0.5, 0.6) is 5.75 Å². The van der Waals surface area contributed by atoms with Gasteiger partial charge in [-0.1, -0.05) is 0 Å². The number of rotatable bonds is 4. The van der Waals surface area contributed by atoms with Crippen molar-refractivity contribution in [3.8, 4) is 23.2 Å². The number of nitriles is 1. The molecule has 10 nitrogen and oxygen atoms in total. The van der Waals surface area contributed by atoms with Crippen molar-refractivity contribution in [3.63, 3.8) is 0 Å². The molecule has 0 radical (unpaired) electrons. The summed E-state index contributed by atoms with van der Waals surface area (Å²) < 4.78 is 51.9. The Kier molecular flexibility index (Phi) is 4.84. The number of nitrogens with zero attached hydrogens (tertiary/aromatic N) is 4. The maximum Gasteiger partial charge on any atom is 0.416 e. The molecule has 0 aliphatic carbocycles. The van der Waals surface area contributed by atoms with Crippen LogP contribution in [-0.4, -0.2) is 53.5 Å². The Morgan fingerprint density at radius 2 is 2.16 bits per heavy atom. The quantitative estimate of drug-likeness (QED) is 0.743. The number of carbonyl (C=O) groups excluding carboxylic acids is 2. The van der Waals surface area contributed by atoms with E-state index in [9.17, 15) is 28.0 Å². The lowest BCUT2D eigenvalue weighted by Gasteiger charge is -2.21. The molecule has 0 unspecified atom stereocenters. The number of hydrogen-bond acceptors (Lipinski definition) is 7. The fourth-order valence-corrected chi connectivity index (χ4v) is 3.41. The summed E-state index contributed by atoms with van der Waals surface area (Å²) in [4.78, 5) is 27.6. The third-order valence-electron chi connectivity index (χ3n) is 4.80. The minimum Gasteiger partial charge on any atom is -0.491 e. The SMILES string of the molecule is N#Cc1c(N2C(=O)OC[C@H]2C(F)(F)F)nc2n1CCOc1cc(NCC(N)=O)ccc1-2. The minimum atomic E-state index is -4.76. The average Bonchev–Trinajstić information content (AvgIpc) is 3.21. The maximum atomic E-state index is 13.4. The minimum absolute atomic E-state index is 0.0941. The van der Waals surface area contributed by atoms with Crippen molar-refractivity contribution in [1.82, 2.24) is 9.55 Å². The van der Waals surface area contributed by atoms with E-state index in [0.29, 0.717) is 21.9 Å². The fourth-order valence-electron chi connectivity index (χ4n) is 3.41. The van der Waals surface area contributed by atoms with Gasteiger partial charge in [0, 0.05) is 11.8 Å². The molecule has 1 atom stereocenters. The van der Waals surface area contributed by atoms with E-state index in [0.717, 1.165) is 0 Å². The second-order valence-electron chi connectivity index (χ2n) is 6.75. The predicted molar refractivity (Wildman–Crippen MR) is 99.2 cm³/mol. The number of ether oxygens (including phenoxy) is 2. The van der Waals surface area contributed by atoms with Gasteiger partial charge in [-0.15, -0.1) is 0 Å². The van der Waals surface area contributed by atoms with Crippen LogP contribution in [0, 0.1) is 11.3 Å². The molecule has 4 rings (SSSR count). The first-order valence-corrected chi connectivity index (χ1v) is 9.03. The summed E-state index contributed by atoms with van der Waals surface area (Å²) in [5, 5.41) is 12.5. The first-order valence-electron chi connectivity index (χ1n) is 9.03. The van der Waals surface area contributed by atoms with Gasteiger partial charge in [-0.25, -0.2) is 14.7 Å². The molecule has 2 aliphatic rings. The highest BCUT2D eigenvalue weighted by Crippen LogP contribution is 2.40. The van der Waals surface area contributed by atoms with E-state index >= 15 is 0 Å². The van der Waals surface area contributed by atoms with E-state index in [1.54, 1.807) is 18.2 Å². The summed E-state index contributed by atoms with van der Waals surface area (Å²) in [6, 6.07) is 4.35. The molecule has 1 aromatic carbocycles. The Morgan fingerprint density at radius 3 is 2.84 bits per heavy atom. The van der Waals surface area contributed by atoms with E-state index in [-0.39, 0.29) is 31.2 Å². The zero-order valence-electron chi connectivity index (χ0n) is 15.8. The lowest BCUT2D eigenvalue weighted by atomic mass is 10.1. The number of anilines is 2. The van der Waals surface area contributed by atoms with E-state index in [4.69, 9.17) is 10.5 Å². The Hall–Kier alpha value is -3.95. The van der Waals surface area contributed by atoms with E-state index < -0.39 is 36.6 Å². The summed E-state index contributed by atoms with van der Waals surface area (Å²) in [7, 11) is 0. The molecule has 0 saturated carbocycles. The van der Waals surface area contributed by atoms with Crippen molar-refractivity contribution in [2.24, 2.45) is 5.73 Å². The lowest BCUT2D eigenvalue weighted by Crippen LogP contribution is -2.44. The Balaban J connectivity index is 1.80. The highest BCUT2D eigenvalue weighted by atomic mass is 19.4. The molecule has 162 valence electrons. The lowest BCUT2D eigenvalue weighted by molar-refractivity contribution is -0.147. The molecular formula is C18H15F3N6O4. The highest BCUT2D eigenvalue weighted by Gasteiger charge is 2.53. The van der Waals surface area contributed by atoms with Crippen molar-refractivity contribution in [1.29, 1.82) is 5.26 Å². The maximum absolute atomic E-state index is 13.4. The van der Waals surface area contributed by atoms with Gasteiger partial charge < -0.3 is 25.1 Å². The molecule has 3 heterocycles. The van der Waals surface area contributed by atoms with Crippen LogP contribution in [0.15, 0.2) is 18.2 Å². The topological polar surface area (TPSA) is 136 Å². The Bertz CT molecular complexity index is 1110. The van der Waals surface area contributed by atoms with E-state index in [2.05, 4.69) is 15.0 Å². The smallest absolute Gasteiger partial charge is 0.416 e. The number of aromatic nitrogens is 2. The molecule has 2 amide bonds. The van der Waals surface area contributed by atoms with Gasteiger partial charge in [0.15, 0.2) is 17.6 Å². The molecule has 2 aromatic rings. The molecule has 13 heteroatoms. The number of alkyl halides is 3. The molecule has 1 aromatic heterocycles. The van der Waals surface area contributed by atoms with Crippen LogP contribution in [0.2, 0.25) is 0 Å². The van der Waals surface area contributed by atoms with Crippen LogP contribution in [0.3, 0.4) is 0 Å². The van der Waals surface area contributed by atoms with E-state index in [1.165, 1.54) is 4.57 Å². The van der Waals surface area contributed by atoms with Crippen molar-refractivity contribution in [3.05, 3.63) is 23.9 Å². The number of cyclic esters (lactones) is 1. The van der Waals surface area contributed by atoms with Crippen molar-refractivity contribution in [2.75, 3.05) is 30.0 Å². The number of halogens is 3. The Morgan fingerprint density at radius 1 is 1.39 bits per heavy atom. The zero-order chi connectivity index (χ0) is 22.3. The van der Waals surface area contributed by atoms with Crippen LogP contribution in [0.1, 0.15) is 5.69 Å². The number of nitrogens with one attached hydrogen (secondary N) is 1. The molecule has 0 bridgehead atoms. The van der Waals surface area contributed by atoms with Gasteiger partial charge in [-0.3, -0.25) is 4.79 Å². The number of imidazole rings is 1. The monoisotopic (exact) mass is 436 g/mol. The highest BCUT2D eigenvalue weighted by molar-refractivity contribution is 5.91. The summed E-state index contributed by atoms with van der Waals surface area (Å²) >= 11 is 0. The van der Waals surface area contributed by atoms with E-state index in [1.807, 2.05) is 6.07 Å². The molecule has 31 heavy (non-hydrogen) atoms. The van der Waals surface area contributed by atoms with Gasteiger partial charge in [0.1, 0.15) is 30.9 Å². The van der Waals surface area contributed by atoms with Gasteiger partial charge in [0.05, 0.1) is 18.7 Å². The van der Waals surface area contributed by atoms with Crippen LogP contribution < -0.4 is 20.7 Å². The molecule has 2 aliphatic heterocycles. The Labute approximate surface area is 172 Å². The van der Waals surface area contributed by atoms with Crippen LogP contribution >= 0.6 is 0 Å². The van der Waals surface area contributed by atoms with Crippen molar-refractivity contribution >= 4 is 23.5 Å². The first-order chi connectivity index (χ1) is 14.7. The normalized spacial score (nSPS) is 17.7. The number of benzene rings is 1. The second kappa shape index (κ2) is 7.38. The molecule has 0 spiro atoms. The fraction of sp³-hybridized carbons (Fsp3) is 0.333. The number of hydrogen-bond donors (Lipinski definition) is 2. The number of primary amides is 1. The predicted octanol–water partition coefficient (Wildman–Crippen LogP) is 1.60. The average molecular weight is 436 g/mol. The van der Waals surface area contributed by atoms with Crippen LogP contribution in [-0.2, 0) is 16.1 Å². The number of carbonyl (C=O) groups is 2. The molecular weight excluding hydrogens is 421 g/mol. The van der Waals surface area contributed by atoms with Gasteiger partial charge in [-0.05, 0) is 12.1 Å². The first kappa shape index (κ1) is 20.3. The second-order valence-corrected chi connectivity index (χ2v) is 6.75. The van der Waals surface area contributed by atoms with Crippen LogP contribution in [0.4, 0.5) is 29.5 Å². The summed E-state index contributed by atoms with van der Waals surface area (Å²) in [6.07, 6.45) is -5.99. The standard InChI is InChI=1S/C18H15F3N6O4/c19-18(20,21)13-8-31-17(29)27(13)16-11(6-22)26-3-4-30-12-5-9(24-7-14(23)28)1-2-10(12)15(26)25-16/h1-2,5,13,24H,3-4,7-8H2,(H2,23,28)/t13-/m0/s1. The van der Waals surface area contributed by atoms with Gasteiger partial charge >= 0.3 is 12.3 Å². The molecule has 1 fully saturated rings. The third kappa shape index (κ3) is 3.56. The molecule has 1 saturated heterocycles. The van der Waals surface area contributed by atoms with Gasteiger partial charge in [0.2, 0.25) is 5.91 Å². The van der Waals surface area contributed by atoms with Gasteiger partial charge in [0.25, 0.3) is 0 Å². The van der Waals surface area contributed by atoms with Crippen molar-refractivity contribution < 1.29 is 32.2 Å². The summed E-state index contributed by atoms with van der Waals surface area (Å²) in [5.41, 5.74) is 5.83. The summed E-state index contributed by atoms with van der Waals surface area (Å²) in [5.74, 6) is -0.482. The molecule has 3 N–H and O–H groups in total.